The molecular formula is C10H12O8. The topological polar surface area (TPSA) is 143 Å². The SMILES string of the molecule is CC(=O)CC(=O)C(=O)O.CC(=O)CC(=O)C(=O)O. The highest BCUT2D eigenvalue weighted by Gasteiger charge is 2.13. The Morgan fingerprint density at radius 3 is 0.944 bits per heavy atom. The van der Waals surface area contributed by atoms with E-state index >= 15 is 0 Å². The highest BCUT2D eigenvalue weighted by molar-refractivity contribution is 6.36. The Bertz CT molecular complexity index is 355. The molecule has 0 atom stereocenters. The number of Topliss-reactive ketones (excluding diaryl/α,β-unsaturated/α-hetero) is 4. The Hall–Kier alpha value is -2.38. The molecule has 100 valence electrons. The number of carboxylic acids is 2. The third-order valence-corrected chi connectivity index (χ3v) is 1.30. The molecule has 0 amide bonds. The van der Waals surface area contributed by atoms with Crippen molar-refractivity contribution in [2.45, 2.75) is 26.7 Å². The maximum atomic E-state index is 10.1. The van der Waals surface area contributed by atoms with Crippen LogP contribution in [0, 0.1) is 0 Å². The van der Waals surface area contributed by atoms with Crippen molar-refractivity contribution in [3.05, 3.63) is 0 Å². The number of hydrogen-bond donors (Lipinski definition) is 2. The van der Waals surface area contributed by atoms with E-state index in [0.29, 0.717) is 0 Å². The van der Waals surface area contributed by atoms with E-state index in [-0.39, 0.29) is 0 Å². The second kappa shape index (κ2) is 8.74. The molecule has 0 saturated heterocycles. The molecule has 0 aliphatic heterocycles. The van der Waals surface area contributed by atoms with Crippen LogP contribution in [0.4, 0.5) is 0 Å². The van der Waals surface area contributed by atoms with E-state index in [1.54, 1.807) is 0 Å². The van der Waals surface area contributed by atoms with E-state index in [9.17, 15) is 28.8 Å². The lowest BCUT2D eigenvalue weighted by Crippen LogP contribution is -2.15. The van der Waals surface area contributed by atoms with Gasteiger partial charge in [0, 0.05) is 0 Å². The zero-order chi connectivity index (χ0) is 14.9. The lowest BCUT2D eigenvalue weighted by Gasteiger charge is -1.86. The molecule has 18 heavy (non-hydrogen) atoms. The van der Waals surface area contributed by atoms with Crippen molar-refractivity contribution in [1.82, 2.24) is 0 Å². The number of hydrogen-bond acceptors (Lipinski definition) is 6. The van der Waals surface area contributed by atoms with Gasteiger partial charge in [-0.05, 0) is 13.8 Å². The minimum Gasteiger partial charge on any atom is -0.475 e. The Morgan fingerprint density at radius 1 is 0.667 bits per heavy atom. The second-order valence-corrected chi connectivity index (χ2v) is 3.21. The molecule has 0 aromatic carbocycles. The lowest BCUT2D eigenvalue weighted by atomic mass is 10.2. The zero-order valence-electron chi connectivity index (χ0n) is 9.76. The van der Waals surface area contributed by atoms with Gasteiger partial charge in [0.2, 0.25) is 11.6 Å². The van der Waals surface area contributed by atoms with Gasteiger partial charge in [-0.1, -0.05) is 0 Å². The summed E-state index contributed by atoms with van der Waals surface area (Å²) in [5.74, 6) is -6.06. The fourth-order valence-electron chi connectivity index (χ4n) is 0.603. The van der Waals surface area contributed by atoms with Crippen molar-refractivity contribution in [1.29, 1.82) is 0 Å². The lowest BCUT2D eigenvalue weighted by molar-refractivity contribution is -0.150. The third kappa shape index (κ3) is 11.7. The van der Waals surface area contributed by atoms with Crippen LogP contribution >= 0.6 is 0 Å². The Labute approximate surface area is 102 Å². The molecule has 8 nitrogen and oxygen atoms in total. The van der Waals surface area contributed by atoms with Crippen LogP contribution < -0.4 is 0 Å². The van der Waals surface area contributed by atoms with E-state index in [4.69, 9.17) is 10.2 Å². The molecule has 0 aliphatic carbocycles. The van der Waals surface area contributed by atoms with Crippen LogP contribution in [-0.4, -0.2) is 45.3 Å². The van der Waals surface area contributed by atoms with Gasteiger partial charge in [0.25, 0.3) is 0 Å². The molecule has 0 unspecified atom stereocenters. The predicted octanol–water partition coefficient (Wildman–Crippen LogP) is -0.762. The molecule has 0 aliphatic rings. The van der Waals surface area contributed by atoms with Crippen LogP contribution in [0.15, 0.2) is 0 Å². The number of rotatable bonds is 6. The number of carbonyl (C=O) groups excluding carboxylic acids is 4. The summed E-state index contributed by atoms with van der Waals surface area (Å²) in [4.78, 5) is 59.9. The molecular weight excluding hydrogens is 248 g/mol. The standard InChI is InChI=1S/2C5H6O4/c2*1-3(6)2-4(7)5(8)9/h2*2H2,1H3,(H,8,9). The van der Waals surface area contributed by atoms with Crippen LogP contribution in [0.3, 0.4) is 0 Å². The normalized spacial score (nSPS) is 8.56. The molecule has 8 heteroatoms. The first-order chi connectivity index (χ1) is 8.07. The van der Waals surface area contributed by atoms with E-state index in [0.717, 1.165) is 0 Å². The molecule has 0 heterocycles. The Morgan fingerprint density at radius 2 is 0.889 bits per heavy atom. The van der Waals surface area contributed by atoms with Crippen LogP contribution in [0.1, 0.15) is 26.7 Å². The Balaban J connectivity index is 0. The predicted molar refractivity (Wildman–Crippen MR) is 55.9 cm³/mol. The molecule has 0 aromatic rings. The van der Waals surface area contributed by atoms with Gasteiger partial charge >= 0.3 is 11.9 Å². The number of carboxylic acid groups (broad SMARTS) is 2. The van der Waals surface area contributed by atoms with Crippen LogP contribution in [-0.2, 0) is 28.8 Å². The van der Waals surface area contributed by atoms with Crippen molar-refractivity contribution in [2.24, 2.45) is 0 Å². The van der Waals surface area contributed by atoms with Gasteiger partial charge < -0.3 is 10.2 Å². The van der Waals surface area contributed by atoms with Crippen molar-refractivity contribution < 1.29 is 39.0 Å². The fraction of sp³-hybridized carbons (Fsp3) is 0.400. The summed E-state index contributed by atoms with van der Waals surface area (Å²) in [5, 5.41) is 15.9. The minimum atomic E-state index is -1.55. The summed E-state index contributed by atoms with van der Waals surface area (Å²) in [5.41, 5.74) is 0. The molecule has 0 bridgehead atoms. The zero-order valence-corrected chi connectivity index (χ0v) is 9.76. The highest BCUT2D eigenvalue weighted by atomic mass is 16.4. The van der Waals surface area contributed by atoms with Gasteiger partial charge in [-0.25, -0.2) is 9.59 Å². The molecule has 0 aromatic heterocycles. The first-order valence-corrected chi connectivity index (χ1v) is 4.59. The van der Waals surface area contributed by atoms with E-state index < -0.39 is 47.9 Å². The summed E-state index contributed by atoms with van der Waals surface area (Å²) in [6, 6.07) is 0. The van der Waals surface area contributed by atoms with Gasteiger partial charge in [-0.15, -0.1) is 0 Å². The van der Waals surface area contributed by atoms with Crippen molar-refractivity contribution >= 4 is 35.1 Å². The molecule has 0 radical (unpaired) electrons. The number of carbonyl (C=O) groups is 6. The van der Waals surface area contributed by atoms with Gasteiger partial charge in [0.15, 0.2) is 0 Å². The first kappa shape index (κ1) is 18.0. The average Bonchev–Trinajstić information content (AvgIpc) is 2.16. The smallest absolute Gasteiger partial charge is 0.372 e. The quantitative estimate of drug-likeness (QED) is 0.468. The molecule has 0 spiro atoms. The van der Waals surface area contributed by atoms with E-state index in [1.807, 2.05) is 0 Å². The average molecular weight is 260 g/mol. The summed E-state index contributed by atoms with van der Waals surface area (Å²) in [6.07, 6.45) is -1.01. The summed E-state index contributed by atoms with van der Waals surface area (Å²) < 4.78 is 0. The molecule has 0 saturated carbocycles. The first-order valence-electron chi connectivity index (χ1n) is 4.59. The van der Waals surface area contributed by atoms with Gasteiger partial charge in [0.05, 0.1) is 12.8 Å². The molecule has 0 fully saturated rings. The van der Waals surface area contributed by atoms with Crippen molar-refractivity contribution in [3.63, 3.8) is 0 Å². The highest BCUT2D eigenvalue weighted by Crippen LogP contribution is 1.84. The van der Waals surface area contributed by atoms with Crippen molar-refractivity contribution in [3.8, 4) is 0 Å². The third-order valence-electron chi connectivity index (χ3n) is 1.30. The van der Waals surface area contributed by atoms with E-state index in [2.05, 4.69) is 0 Å². The maximum absolute atomic E-state index is 10.1. The second-order valence-electron chi connectivity index (χ2n) is 3.21. The van der Waals surface area contributed by atoms with Crippen LogP contribution in [0.2, 0.25) is 0 Å². The van der Waals surface area contributed by atoms with Gasteiger partial charge in [-0.2, -0.15) is 0 Å². The van der Waals surface area contributed by atoms with Crippen LogP contribution in [0.5, 0.6) is 0 Å². The largest absolute Gasteiger partial charge is 0.475 e. The van der Waals surface area contributed by atoms with Gasteiger partial charge in [0.1, 0.15) is 11.6 Å². The number of aliphatic carboxylic acids is 2. The van der Waals surface area contributed by atoms with Crippen LogP contribution in [0.25, 0.3) is 0 Å². The summed E-state index contributed by atoms with van der Waals surface area (Å²) in [7, 11) is 0. The maximum Gasteiger partial charge on any atom is 0.372 e. The van der Waals surface area contributed by atoms with E-state index in [1.165, 1.54) is 13.8 Å². The number of ketones is 4. The van der Waals surface area contributed by atoms with Crippen molar-refractivity contribution in [2.75, 3.05) is 0 Å². The molecule has 2 N–H and O–H groups in total. The minimum absolute atomic E-state index is 0.428. The fourth-order valence-corrected chi connectivity index (χ4v) is 0.603. The monoisotopic (exact) mass is 260 g/mol. The Kier molecular flexibility index (Phi) is 8.73. The summed E-state index contributed by atoms with van der Waals surface area (Å²) in [6.45, 7) is 2.33. The summed E-state index contributed by atoms with van der Waals surface area (Å²) >= 11 is 0. The van der Waals surface area contributed by atoms with Gasteiger partial charge in [-0.3, -0.25) is 19.2 Å². The molecule has 0 rings (SSSR count).